The van der Waals surface area contributed by atoms with Crippen molar-refractivity contribution in [1.29, 1.82) is 0 Å². The summed E-state index contributed by atoms with van der Waals surface area (Å²) < 4.78 is 11.7. The zero-order chi connectivity index (χ0) is 25.0. The molecule has 0 saturated carbocycles. The molecule has 0 saturated heterocycles. The van der Waals surface area contributed by atoms with Gasteiger partial charge in [0, 0.05) is 52.6 Å². The number of anilines is 2. The summed E-state index contributed by atoms with van der Waals surface area (Å²) in [7, 11) is 1.66. The van der Waals surface area contributed by atoms with Crippen molar-refractivity contribution in [3.05, 3.63) is 90.3 Å². The Morgan fingerprint density at radius 1 is 0.921 bits per heavy atom. The van der Waals surface area contributed by atoms with Crippen LogP contribution < -0.4 is 14.8 Å². The molecule has 0 aliphatic heterocycles. The maximum absolute atomic E-state index is 6.04. The minimum atomic E-state index is 0. The van der Waals surface area contributed by atoms with E-state index in [0.717, 1.165) is 62.5 Å². The predicted molar refractivity (Wildman–Crippen MR) is 156 cm³/mol. The average Bonchev–Trinajstić information content (AvgIpc) is 3.62. The van der Waals surface area contributed by atoms with E-state index in [2.05, 4.69) is 43.5 Å². The fourth-order valence-corrected chi connectivity index (χ4v) is 4.96. The van der Waals surface area contributed by atoms with Gasteiger partial charge in [0.15, 0.2) is 11.5 Å². The Balaban J connectivity index is 0.00000294. The predicted octanol–water partition coefficient (Wildman–Crippen LogP) is 7.42. The fourth-order valence-electron chi connectivity index (χ4n) is 4.32. The third-order valence-corrected chi connectivity index (χ3v) is 6.94. The summed E-state index contributed by atoms with van der Waals surface area (Å²) in [6, 6.07) is 22.1. The molecule has 0 amide bonds. The lowest BCUT2D eigenvalue weighted by Gasteiger charge is -2.14. The van der Waals surface area contributed by atoms with Gasteiger partial charge in [0.2, 0.25) is 0 Å². The normalized spacial score (nSPS) is 10.9. The van der Waals surface area contributed by atoms with Crippen LogP contribution in [0.3, 0.4) is 0 Å². The van der Waals surface area contributed by atoms with E-state index in [0.29, 0.717) is 18.1 Å². The van der Waals surface area contributed by atoms with Crippen LogP contribution in [-0.2, 0) is 6.42 Å². The molecule has 9 heteroatoms. The van der Waals surface area contributed by atoms with Crippen molar-refractivity contribution >= 4 is 57.1 Å². The third-order valence-electron chi connectivity index (χ3n) is 6.12. The standard InChI is InChI=1S/C29H25N5O2S.ClH/c1-35-27-18-20(9-11-26(27)36-15-4-7-28-33-23-5-2-3-6-24(23)34-28)32-22-12-13-30-25-17-19(8-10-21(22)25)29-31-14-16-37-29;/h2-3,5-6,8-14,16-18H,4,7,15H2,1H3,(H,30,32)(H,33,34);1H. The highest BCUT2D eigenvalue weighted by atomic mass is 35.5. The number of thiazole rings is 1. The Morgan fingerprint density at radius 3 is 2.68 bits per heavy atom. The first-order valence-corrected chi connectivity index (χ1v) is 12.9. The molecule has 3 aromatic carbocycles. The van der Waals surface area contributed by atoms with E-state index in [9.17, 15) is 0 Å². The number of H-pyrrole nitrogens is 1. The number of ether oxygens (including phenoxy) is 2. The van der Waals surface area contributed by atoms with Crippen molar-refractivity contribution in [1.82, 2.24) is 19.9 Å². The van der Waals surface area contributed by atoms with E-state index in [-0.39, 0.29) is 12.4 Å². The molecular weight excluding hydrogens is 518 g/mol. The monoisotopic (exact) mass is 543 g/mol. The van der Waals surface area contributed by atoms with Crippen LogP contribution in [0, 0.1) is 0 Å². The topological polar surface area (TPSA) is 84.9 Å². The number of aromatic nitrogens is 4. The fraction of sp³-hybridized carbons (Fsp3) is 0.138. The molecule has 2 N–H and O–H groups in total. The summed E-state index contributed by atoms with van der Waals surface area (Å²) in [5.74, 6) is 2.36. The molecule has 0 bridgehead atoms. The molecule has 0 aliphatic carbocycles. The lowest BCUT2D eigenvalue weighted by molar-refractivity contribution is 0.289. The van der Waals surface area contributed by atoms with Gasteiger partial charge in [-0.2, -0.15) is 0 Å². The molecule has 0 unspecified atom stereocenters. The summed E-state index contributed by atoms with van der Waals surface area (Å²) in [6.45, 7) is 0.566. The second-order valence-electron chi connectivity index (χ2n) is 8.57. The maximum atomic E-state index is 6.04. The molecule has 0 fully saturated rings. The second kappa shape index (κ2) is 11.5. The van der Waals surface area contributed by atoms with Crippen LogP contribution in [0.2, 0.25) is 0 Å². The van der Waals surface area contributed by atoms with Gasteiger partial charge in [-0.3, -0.25) is 4.98 Å². The number of halogens is 1. The number of rotatable bonds is 9. The smallest absolute Gasteiger partial charge is 0.162 e. The Kier molecular flexibility index (Phi) is 7.72. The van der Waals surface area contributed by atoms with Crippen molar-refractivity contribution in [2.45, 2.75) is 12.8 Å². The van der Waals surface area contributed by atoms with E-state index in [1.165, 1.54) is 0 Å². The molecule has 3 aromatic heterocycles. The first-order valence-electron chi connectivity index (χ1n) is 12.1. The minimum Gasteiger partial charge on any atom is -0.493 e. The van der Waals surface area contributed by atoms with Gasteiger partial charge in [0.1, 0.15) is 10.8 Å². The summed E-state index contributed by atoms with van der Waals surface area (Å²) in [6.07, 6.45) is 5.29. The van der Waals surface area contributed by atoms with Gasteiger partial charge in [-0.25, -0.2) is 9.97 Å². The van der Waals surface area contributed by atoms with Crippen LogP contribution in [0.1, 0.15) is 12.2 Å². The number of nitrogens with zero attached hydrogens (tertiary/aromatic N) is 3. The van der Waals surface area contributed by atoms with E-state index < -0.39 is 0 Å². The van der Waals surface area contributed by atoms with Gasteiger partial charge in [-0.05, 0) is 42.8 Å². The van der Waals surface area contributed by atoms with E-state index in [1.54, 1.807) is 18.4 Å². The van der Waals surface area contributed by atoms with Crippen LogP contribution in [0.15, 0.2) is 84.5 Å². The number of para-hydroxylation sites is 2. The second-order valence-corrected chi connectivity index (χ2v) is 9.47. The number of pyridine rings is 1. The summed E-state index contributed by atoms with van der Waals surface area (Å²) in [5, 5.41) is 7.50. The number of methoxy groups -OCH3 is 1. The number of benzene rings is 3. The number of aromatic amines is 1. The number of hydrogen-bond donors (Lipinski definition) is 2. The first-order chi connectivity index (χ1) is 18.3. The number of aryl methyl sites for hydroxylation is 1. The molecule has 38 heavy (non-hydrogen) atoms. The maximum Gasteiger partial charge on any atom is 0.162 e. The number of fused-ring (bicyclic) bond motifs is 2. The zero-order valence-electron chi connectivity index (χ0n) is 20.7. The summed E-state index contributed by atoms with van der Waals surface area (Å²) >= 11 is 1.62. The molecule has 3 heterocycles. The van der Waals surface area contributed by atoms with Crippen LogP contribution >= 0.6 is 23.7 Å². The summed E-state index contributed by atoms with van der Waals surface area (Å²) in [5.41, 5.74) is 5.90. The van der Waals surface area contributed by atoms with Gasteiger partial charge in [0.05, 0.1) is 30.3 Å². The van der Waals surface area contributed by atoms with Gasteiger partial charge in [-0.15, -0.1) is 23.7 Å². The Bertz CT molecular complexity index is 1640. The van der Waals surface area contributed by atoms with Gasteiger partial charge in [-0.1, -0.05) is 24.3 Å². The van der Waals surface area contributed by atoms with E-state index in [1.807, 2.05) is 66.3 Å². The Morgan fingerprint density at radius 2 is 1.84 bits per heavy atom. The highest BCUT2D eigenvalue weighted by molar-refractivity contribution is 7.13. The van der Waals surface area contributed by atoms with Crippen LogP contribution in [0.5, 0.6) is 11.5 Å². The SMILES string of the molecule is COc1cc(Nc2ccnc3cc(-c4nccs4)ccc23)ccc1OCCCc1nc2ccccc2[nH]1.Cl. The highest BCUT2D eigenvalue weighted by Gasteiger charge is 2.10. The highest BCUT2D eigenvalue weighted by Crippen LogP contribution is 2.34. The first kappa shape index (κ1) is 25.5. The van der Waals surface area contributed by atoms with Gasteiger partial charge < -0.3 is 19.8 Å². The summed E-state index contributed by atoms with van der Waals surface area (Å²) in [4.78, 5) is 17.0. The molecule has 6 aromatic rings. The van der Waals surface area contributed by atoms with Gasteiger partial charge in [0.25, 0.3) is 0 Å². The van der Waals surface area contributed by atoms with Crippen molar-refractivity contribution < 1.29 is 9.47 Å². The molecule has 0 atom stereocenters. The molecular formula is C29H26ClN5O2S. The van der Waals surface area contributed by atoms with Crippen molar-refractivity contribution in [2.75, 3.05) is 19.0 Å². The lowest BCUT2D eigenvalue weighted by atomic mass is 10.1. The van der Waals surface area contributed by atoms with E-state index in [4.69, 9.17) is 9.47 Å². The molecule has 0 spiro atoms. The minimum absolute atomic E-state index is 0. The average molecular weight is 544 g/mol. The van der Waals surface area contributed by atoms with Crippen molar-refractivity contribution in [3.8, 4) is 22.1 Å². The van der Waals surface area contributed by atoms with E-state index >= 15 is 0 Å². The van der Waals surface area contributed by atoms with Gasteiger partial charge >= 0.3 is 0 Å². The lowest BCUT2D eigenvalue weighted by Crippen LogP contribution is -2.02. The largest absolute Gasteiger partial charge is 0.493 e. The molecule has 0 aliphatic rings. The number of hydrogen-bond acceptors (Lipinski definition) is 7. The molecule has 0 radical (unpaired) electrons. The van der Waals surface area contributed by atoms with Crippen LogP contribution in [0.25, 0.3) is 32.5 Å². The van der Waals surface area contributed by atoms with Crippen molar-refractivity contribution in [3.63, 3.8) is 0 Å². The molecule has 6 rings (SSSR count). The third kappa shape index (κ3) is 5.41. The molecule has 7 nitrogen and oxygen atoms in total. The zero-order valence-corrected chi connectivity index (χ0v) is 22.3. The number of imidazole rings is 1. The Labute approximate surface area is 230 Å². The van der Waals surface area contributed by atoms with Crippen LogP contribution in [0.4, 0.5) is 11.4 Å². The Hall–Kier alpha value is -4.14. The molecule has 192 valence electrons. The van der Waals surface area contributed by atoms with Crippen LogP contribution in [-0.4, -0.2) is 33.7 Å². The van der Waals surface area contributed by atoms with Crippen molar-refractivity contribution in [2.24, 2.45) is 0 Å². The quantitative estimate of drug-likeness (QED) is 0.185. The number of nitrogens with one attached hydrogen (secondary N) is 2.